The third kappa shape index (κ3) is 4.06. The molecule has 0 atom stereocenters. The SMILES string of the molecule is Cl.FC(F)(F)c1ccc([C](c2c[nH]c3ccccc23)c2cn(-c3ccccc3)c3ccccc23)cc1. The lowest BCUT2D eigenvalue weighted by molar-refractivity contribution is -0.137. The van der Waals surface area contributed by atoms with Gasteiger partial charge in [0.05, 0.1) is 17.0 Å². The van der Waals surface area contributed by atoms with Gasteiger partial charge in [0.2, 0.25) is 0 Å². The number of aromatic amines is 1. The number of hydrogen-bond donors (Lipinski definition) is 1. The van der Waals surface area contributed by atoms with E-state index in [1.807, 2.05) is 72.9 Å². The molecule has 4 aromatic carbocycles. The van der Waals surface area contributed by atoms with Gasteiger partial charge in [-0.2, -0.15) is 13.2 Å². The first kappa shape index (κ1) is 23.8. The maximum absolute atomic E-state index is 13.3. The van der Waals surface area contributed by atoms with Crippen LogP contribution >= 0.6 is 12.4 Å². The lowest BCUT2D eigenvalue weighted by atomic mass is 9.84. The van der Waals surface area contributed by atoms with E-state index in [4.69, 9.17) is 0 Å². The van der Waals surface area contributed by atoms with Crippen LogP contribution in [0, 0.1) is 5.92 Å². The highest BCUT2D eigenvalue weighted by Crippen LogP contribution is 2.41. The van der Waals surface area contributed by atoms with Gasteiger partial charge in [-0.25, -0.2) is 0 Å². The molecule has 0 unspecified atom stereocenters. The van der Waals surface area contributed by atoms with Crippen LogP contribution in [0.25, 0.3) is 27.5 Å². The number of hydrogen-bond acceptors (Lipinski definition) is 0. The van der Waals surface area contributed by atoms with Crippen LogP contribution in [0.2, 0.25) is 0 Å². The molecular formula is C30H21ClF3N2. The Balaban J connectivity index is 0.00000267. The molecule has 0 spiro atoms. The number of rotatable bonds is 4. The largest absolute Gasteiger partial charge is 0.416 e. The summed E-state index contributed by atoms with van der Waals surface area (Å²) in [7, 11) is 0. The van der Waals surface area contributed by atoms with Gasteiger partial charge < -0.3 is 9.55 Å². The molecule has 36 heavy (non-hydrogen) atoms. The molecule has 6 rings (SSSR count). The Kier molecular flexibility index (Phi) is 6.10. The van der Waals surface area contributed by atoms with Crippen LogP contribution in [0.5, 0.6) is 0 Å². The van der Waals surface area contributed by atoms with Gasteiger partial charge in [-0.05, 0) is 53.1 Å². The number of nitrogens with zero attached hydrogens (tertiary/aromatic N) is 1. The van der Waals surface area contributed by atoms with Crippen molar-refractivity contribution >= 4 is 34.2 Å². The minimum atomic E-state index is -4.39. The van der Waals surface area contributed by atoms with E-state index in [1.54, 1.807) is 12.1 Å². The molecule has 0 saturated carbocycles. The maximum atomic E-state index is 13.3. The lowest BCUT2D eigenvalue weighted by Gasteiger charge is -2.17. The second kappa shape index (κ2) is 9.25. The van der Waals surface area contributed by atoms with Crippen LogP contribution in [-0.4, -0.2) is 9.55 Å². The van der Waals surface area contributed by atoms with Crippen LogP contribution < -0.4 is 0 Å². The minimum Gasteiger partial charge on any atom is -0.361 e. The third-order valence-electron chi connectivity index (χ3n) is 6.38. The Morgan fingerprint density at radius 2 is 1.31 bits per heavy atom. The van der Waals surface area contributed by atoms with E-state index >= 15 is 0 Å². The van der Waals surface area contributed by atoms with Crippen LogP contribution in [0.4, 0.5) is 13.2 Å². The quantitative estimate of drug-likeness (QED) is 0.250. The maximum Gasteiger partial charge on any atom is 0.416 e. The zero-order valence-corrected chi connectivity index (χ0v) is 19.8. The van der Waals surface area contributed by atoms with Crippen LogP contribution in [0.3, 0.4) is 0 Å². The number of halogens is 4. The smallest absolute Gasteiger partial charge is 0.361 e. The average molecular weight is 502 g/mol. The van der Waals surface area contributed by atoms with Crippen molar-refractivity contribution in [3.8, 4) is 5.69 Å². The highest BCUT2D eigenvalue weighted by atomic mass is 35.5. The summed E-state index contributed by atoms with van der Waals surface area (Å²) in [5.74, 6) is 0.877. The van der Waals surface area contributed by atoms with E-state index in [1.165, 1.54) is 0 Å². The zero-order chi connectivity index (χ0) is 24.0. The van der Waals surface area contributed by atoms with E-state index in [0.29, 0.717) is 0 Å². The van der Waals surface area contributed by atoms with Crippen molar-refractivity contribution < 1.29 is 13.2 Å². The number of nitrogens with one attached hydrogen (secondary N) is 1. The van der Waals surface area contributed by atoms with Crippen molar-refractivity contribution in [2.45, 2.75) is 6.18 Å². The van der Waals surface area contributed by atoms with Gasteiger partial charge in [-0.1, -0.05) is 66.7 Å². The van der Waals surface area contributed by atoms with E-state index in [9.17, 15) is 13.2 Å². The molecule has 0 amide bonds. The second-order valence-electron chi connectivity index (χ2n) is 8.46. The Labute approximate surface area is 212 Å². The van der Waals surface area contributed by atoms with Crippen molar-refractivity contribution in [3.63, 3.8) is 0 Å². The van der Waals surface area contributed by atoms with Gasteiger partial charge in [-0.3, -0.25) is 0 Å². The second-order valence-corrected chi connectivity index (χ2v) is 8.46. The van der Waals surface area contributed by atoms with Crippen LogP contribution in [-0.2, 0) is 6.18 Å². The Bertz CT molecular complexity index is 1630. The van der Waals surface area contributed by atoms with Gasteiger partial charge in [-0.15, -0.1) is 12.4 Å². The number of fused-ring (bicyclic) bond motifs is 2. The number of H-pyrrole nitrogens is 1. The topological polar surface area (TPSA) is 20.7 Å². The number of benzene rings is 4. The van der Waals surface area contributed by atoms with E-state index in [0.717, 1.165) is 62.2 Å². The number of para-hydroxylation sites is 3. The molecule has 2 aromatic heterocycles. The van der Waals surface area contributed by atoms with Crippen molar-refractivity contribution in [3.05, 3.63) is 144 Å². The molecule has 6 aromatic rings. The van der Waals surface area contributed by atoms with Crippen molar-refractivity contribution in [1.82, 2.24) is 9.55 Å². The Hall–Kier alpha value is -3.96. The Morgan fingerprint density at radius 1 is 0.667 bits per heavy atom. The molecule has 0 aliphatic rings. The predicted molar refractivity (Wildman–Crippen MR) is 141 cm³/mol. The molecule has 0 saturated heterocycles. The molecule has 179 valence electrons. The summed E-state index contributed by atoms with van der Waals surface area (Å²) < 4.78 is 42.1. The molecule has 0 aliphatic carbocycles. The predicted octanol–water partition coefficient (Wildman–Crippen LogP) is 8.57. The average Bonchev–Trinajstić information content (AvgIpc) is 3.47. The van der Waals surface area contributed by atoms with Crippen LogP contribution in [0.1, 0.15) is 22.3 Å². The molecular weight excluding hydrogens is 481 g/mol. The Morgan fingerprint density at radius 3 is 2.03 bits per heavy atom. The molecule has 2 nitrogen and oxygen atoms in total. The first-order valence-electron chi connectivity index (χ1n) is 11.3. The highest BCUT2D eigenvalue weighted by Gasteiger charge is 2.31. The molecule has 1 N–H and O–H groups in total. The van der Waals surface area contributed by atoms with Crippen molar-refractivity contribution in [2.24, 2.45) is 0 Å². The van der Waals surface area contributed by atoms with E-state index in [-0.39, 0.29) is 12.4 Å². The number of aromatic nitrogens is 2. The summed E-state index contributed by atoms with van der Waals surface area (Å²) in [6.45, 7) is 0. The standard InChI is InChI=1S/C30H20F3N2.ClH/c31-30(32,33)21-16-14-20(15-17-21)29(25-18-34-27-12-6-4-10-23(25)27)26-19-35(22-8-2-1-3-9-22)28-13-7-5-11-24(26)28;/h1-19,34H;1H. The summed E-state index contributed by atoms with van der Waals surface area (Å²) in [5.41, 5.74) is 4.97. The minimum absolute atomic E-state index is 0. The first-order chi connectivity index (χ1) is 17.0. The van der Waals surface area contributed by atoms with Gasteiger partial charge in [0.1, 0.15) is 0 Å². The fourth-order valence-corrected chi connectivity index (χ4v) is 4.74. The highest BCUT2D eigenvalue weighted by molar-refractivity contribution is 5.94. The summed E-state index contributed by atoms with van der Waals surface area (Å²) in [4.78, 5) is 3.32. The molecule has 6 heteroatoms. The van der Waals surface area contributed by atoms with Crippen molar-refractivity contribution in [2.75, 3.05) is 0 Å². The van der Waals surface area contributed by atoms with E-state index in [2.05, 4.69) is 27.9 Å². The zero-order valence-electron chi connectivity index (χ0n) is 19.0. The van der Waals surface area contributed by atoms with Gasteiger partial charge in [0.15, 0.2) is 0 Å². The van der Waals surface area contributed by atoms with Gasteiger partial charge >= 0.3 is 6.18 Å². The molecule has 2 heterocycles. The fourth-order valence-electron chi connectivity index (χ4n) is 4.74. The molecule has 0 aliphatic heterocycles. The number of alkyl halides is 3. The fraction of sp³-hybridized carbons (Fsp3) is 0.0333. The van der Waals surface area contributed by atoms with Gasteiger partial charge in [0, 0.05) is 34.4 Å². The summed E-state index contributed by atoms with van der Waals surface area (Å²) >= 11 is 0. The third-order valence-corrected chi connectivity index (χ3v) is 6.38. The van der Waals surface area contributed by atoms with Crippen molar-refractivity contribution in [1.29, 1.82) is 0 Å². The summed E-state index contributed by atoms with van der Waals surface area (Å²) in [6.07, 6.45) is -0.371. The molecule has 0 fully saturated rings. The lowest BCUT2D eigenvalue weighted by Crippen LogP contribution is -2.07. The summed E-state index contributed by atoms with van der Waals surface area (Å²) in [6, 6.07) is 31.5. The van der Waals surface area contributed by atoms with Gasteiger partial charge in [0.25, 0.3) is 0 Å². The molecule has 0 bridgehead atoms. The summed E-state index contributed by atoms with van der Waals surface area (Å²) in [5, 5.41) is 2.04. The molecule has 1 radical (unpaired) electrons. The van der Waals surface area contributed by atoms with E-state index < -0.39 is 11.7 Å². The first-order valence-corrected chi connectivity index (χ1v) is 11.3. The van der Waals surface area contributed by atoms with Crippen LogP contribution in [0.15, 0.2) is 116 Å². The normalized spacial score (nSPS) is 11.8. The monoisotopic (exact) mass is 501 g/mol.